The zero-order chi connectivity index (χ0) is 12.1. The van der Waals surface area contributed by atoms with Crippen LogP contribution in [-0.4, -0.2) is 23.6 Å². The summed E-state index contributed by atoms with van der Waals surface area (Å²) in [7, 11) is 0. The van der Waals surface area contributed by atoms with Gasteiger partial charge in [-0.3, -0.25) is 0 Å². The second-order valence-electron chi connectivity index (χ2n) is 5.04. The lowest BCUT2D eigenvalue weighted by Gasteiger charge is -2.29. The predicted molar refractivity (Wildman–Crippen MR) is 77.8 cm³/mol. The first kappa shape index (κ1) is 13.0. The number of nitrogens with one attached hydrogen (secondary N) is 1. The Kier molecular flexibility index (Phi) is 4.93. The van der Waals surface area contributed by atoms with E-state index in [1.807, 2.05) is 0 Å². The average molecular weight is 249 g/mol. The van der Waals surface area contributed by atoms with Crippen molar-refractivity contribution in [1.29, 1.82) is 0 Å². The summed E-state index contributed by atoms with van der Waals surface area (Å²) in [6, 6.07) is 12.1. The minimum absolute atomic E-state index is 0.561. The topological polar surface area (TPSA) is 12.0 Å². The molecule has 0 saturated carbocycles. The second-order valence-corrected chi connectivity index (χ2v) is 6.27. The summed E-state index contributed by atoms with van der Waals surface area (Å²) in [6.07, 6.45) is 2.66. The molecule has 0 aromatic heterocycles. The van der Waals surface area contributed by atoms with Crippen LogP contribution in [0.15, 0.2) is 30.3 Å². The molecule has 1 aliphatic heterocycles. The van der Waals surface area contributed by atoms with E-state index in [-0.39, 0.29) is 0 Å². The lowest BCUT2D eigenvalue weighted by molar-refractivity contribution is 0.390. The molecular weight excluding hydrogens is 226 g/mol. The van der Waals surface area contributed by atoms with Gasteiger partial charge in [0.05, 0.1) is 0 Å². The summed E-state index contributed by atoms with van der Waals surface area (Å²) in [5, 5.41) is 3.80. The monoisotopic (exact) mass is 249 g/mol. The van der Waals surface area contributed by atoms with Crippen molar-refractivity contribution in [2.24, 2.45) is 0 Å². The molecule has 0 unspecified atom stereocenters. The lowest BCUT2D eigenvalue weighted by Crippen LogP contribution is -2.41. The number of hydrogen-bond donors (Lipinski definition) is 1. The summed E-state index contributed by atoms with van der Waals surface area (Å²) in [5.41, 5.74) is 1.44. The minimum Gasteiger partial charge on any atom is -0.311 e. The van der Waals surface area contributed by atoms with Gasteiger partial charge in [-0.1, -0.05) is 37.3 Å². The molecule has 1 aliphatic rings. The molecular formula is C15H23NS. The number of hydrogen-bond acceptors (Lipinski definition) is 2. The van der Waals surface area contributed by atoms with Crippen LogP contribution in [0.4, 0.5) is 0 Å². The van der Waals surface area contributed by atoms with Gasteiger partial charge in [0.25, 0.3) is 0 Å². The van der Waals surface area contributed by atoms with Crippen molar-refractivity contribution in [2.45, 2.75) is 44.7 Å². The van der Waals surface area contributed by atoms with Gasteiger partial charge in [0.15, 0.2) is 0 Å². The van der Waals surface area contributed by atoms with E-state index in [1.165, 1.54) is 29.9 Å². The highest BCUT2D eigenvalue weighted by Crippen LogP contribution is 2.22. The number of thioether (sulfide) groups is 1. The largest absolute Gasteiger partial charge is 0.311 e. The SMILES string of the molecule is C[C@H](NC1CCSCC1)[C@@H](C)c1ccccc1. The summed E-state index contributed by atoms with van der Waals surface area (Å²) in [6.45, 7) is 4.64. The molecule has 2 rings (SSSR count). The molecule has 1 nitrogen and oxygen atoms in total. The summed E-state index contributed by atoms with van der Waals surface area (Å²) in [4.78, 5) is 0. The Balaban J connectivity index is 1.88. The Hall–Kier alpha value is -0.470. The van der Waals surface area contributed by atoms with Crippen molar-refractivity contribution in [2.75, 3.05) is 11.5 Å². The third kappa shape index (κ3) is 3.75. The van der Waals surface area contributed by atoms with Gasteiger partial charge in [-0.05, 0) is 42.8 Å². The molecule has 1 N–H and O–H groups in total. The zero-order valence-electron chi connectivity index (χ0n) is 10.9. The fourth-order valence-corrected chi connectivity index (χ4v) is 3.53. The Morgan fingerprint density at radius 2 is 1.76 bits per heavy atom. The van der Waals surface area contributed by atoms with Crippen LogP contribution in [0.25, 0.3) is 0 Å². The summed E-state index contributed by atoms with van der Waals surface area (Å²) < 4.78 is 0. The quantitative estimate of drug-likeness (QED) is 0.874. The van der Waals surface area contributed by atoms with Gasteiger partial charge in [-0.2, -0.15) is 11.8 Å². The average Bonchev–Trinajstić information content (AvgIpc) is 2.40. The predicted octanol–water partition coefficient (Wildman–Crippen LogP) is 3.66. The van der Waals surface area contributed by atoms with E-state index in [1.54, 1.807) is 0 Å². The molecule has 1 fully saturated rings. The van der Waals surface area contributed by atoms with Crippen LogP contribution in [0.3, 0.4) is 0 Å². The first-order chi connectivity index (χ1) is 8.27. The Labute approximate surface area is 109 Å². The van der Waals surface area contributed by atoms with Gasteiger partial charge in [0.2, 0.25) is 0 Å². The first-order valence-corrected chi connectivity index (χ1v) is 7.81. The van der Waals surface area contributed by atoms with Crippen LogP contribution in [0.2, 0.25) is 0 Å². The van der Waals surface area contributed by atoms with Crippen molar-refractivity contribution in [3.05, 3.63) is 35.9 Å². The lowest BCUT2D eigenvalue weighted by atomic mass is 9.93. The van der Waals surface area contributed by atoms with Gasteiger partial charge in [-0.25, -0.2) is 0 Å². The molecule has 0 bridgehead atoms. The van der Waals surface area contributed by atoms with Crippen molar-refractivity contribution in [1.82, 2.24) is 5.32 Å². The van der Waals surface area contributed by atoms with Crippen molar-refractivity contribution < 1.29 is 0 Å². The van der Waals surface area contributed by atoms with Gasteiger partial charge in [0, 0.05) is 12.1 Å². The zero-order valence-corrected chi connectivity index (χ0v) is 11.7. The maximum Gasteiger partial charge on any atom is 0.0107 e. The van der Waals surface area contributed by atoms with E-state index in [0.717, 1.165) is 6.04 Å². The smallest absolute Gasteiger partial charge is 0.0107 e. The van der Waals surface area contributed by atoms with Crippen LogP contribution in [-0.2, 0) is 0 Å². The van der Waals surface area contributed by atoms with Crippen molar-refractivity contribution in [3.63, 3.8) is 0 Å². The van der Waals surface area contributed by atoms with E-state index in [9.17, 15) is 0 Å². The standard InChI is InChI=1S/C15H23NS/c1-12(14-6-4-3-5-7-14)13(2)16-15-8-10-17-11-9-15/h3-7,12-13,15-16H,8-11H2,1-2H3/t12-,13+/m1/s1. The molecule has 1 aromatic rings. The van der Waals surface area contributed by atoms with Gasteiger partial charge < -0.3 is 5.32 Å². The molecule has 1 heterocycles. The van der Waals surface area contributed by atoms with Gasteiger partial charge >= 0.3 is 0 Å². The Morgan fingerprint density at radius 3 is 2.41 bits per heavy atom. The highest BCUT2D eigenvalue weighted by Gasteiger charge is 2.19. The van der Waals surface area contributed by atoms with Crippen LogP contribution in [0.1, 0.15) is 38.2 Å². The van der Waals surface area contributed by atoms with Crippen LogP contribution in [0, 0.1) is 0 Å². The molecule has 0 spiro atoms. The van der Waals surface area contributed by atoms with E-state index >= 15 is 0 Å². The maximum atomic E-state index is 3.80. The summed E-state index contributed by atoms with van der Waals surface area (Å²) in [5.74, 6) is 3.24. The number of benzene rings is 1. The Bertz CT molecular complexity index is 319. The highest BCUT2D eigenvalue weighted by atomic mass is 32.2. The summed E-state index contributed by atoms with van der Waals surface area (Å²) >= 11 is 2.09. The first-order valence-electron chi connectivity index (χ1n) is 6.66. The van der Waals surface area contributed by atoms with Crippen molar-refractivity contribution >= 4 is 11.8 Å². The van der Waals surface area contributed by atoms with E-state index in [4.69, 9.17) is 0 Å². The molecule has 1 aromatic carbocycles. The minimum atomic E-state index is 0.561. The van der Waals surface area contributed by atoms with E-state index < -0.39 is 0 Å². The maximum absolute atomic E-state index is 3.80. The molecule has 0 radical (unpaired) electrons. The van der Waals surface area contributed by atoms with Crippen LogP contribution in [0.5, 0.6) is 0 Å². The van der Waals surface area contributed by atoms with Crippen LogP contribution >= 0.6 is 11.8 Å². The molecule has 2 heteroatoms. The fraction of sp³-hybridized carbons (Fsp3) is 0.600. The fourth-order valence-electron chi connectivity index (χ4n) is 2.43. The molecule has 0 aliphatic carbocycles. The molecule has 17 heavy (non-hydrogen) atoms. The highest BCUT2D eigenvalue weighted by molar-refractivity contribution is 7.99. The van der Waals surface area contributed by atoms with Gasteiger partial charge in [-0.15, -0.1) is 0 Å². The molecule has 2 atom stereocenters. The molecule has 94 valence electrons. The van der Waals surface area contributed by atoms with Crippen LogP contribution < -0.4 is 5.32 Å². The normalized spacial score (nSPS) is 21.1. The third-order valence-corrected chi connectivity index (χ3v) is 4.84. The van der Waals surface area contributed by atoms with E-state index in [2.05, 4.69) is 61.3 Å². The molecule has 0 amide bonds. The van der Waals surface area contributed by atoms with Crippen molar-refractivity contribution in [3.8, 4) is 0 Å². The van der Waals surface area contributed by atoms with Gasteiger partial charge in [0.1, 0.15) is 0 Å². The molecule has 1 saturated heterocycles. The Morgan fingerprint density at radius 1 is 1.12 bits per heavy atom. The second kappa shape index (κ2) is 6.46. The third-order valence-electron chi connectivity index (χ3n) is 3.80. The van der Waals surface area contributed by atoms with E-state index in [0.29, 0.717) is 12.0 Å². The number of rotatable bonds is 4.